The van der Waals surface area contributed by atoms with Gasteiger partial charge in [-0.25, -0.2) is 0 Å². The van der Waals surface area contributed by atoms with Crippen molar-refractivity contribution in [3.05, 3.63) is 29.7 Å². The summed E-state index contributed by atoms with van der Waals surface area (Å²) >= 11 is 0. The summed E-state index contributed by atoms with van der Waals surface area (Å²) in [5.74, 6) is 0.461. The smallest absolute Gasteiger partial charge is 0.308 e. The SMILES string of the molecule is COC(=O)C1CCN(C(=O)c2ccn3c(C)nnc3c2)CC1. The maximum Gasteiger partial charge on any atom is 0.308 e. The first kappa shape index (κ1) is 14.5. The second kappa shape index (κ2) is 5.75. The molecule has 0 radical (unpaired) electrons. The number of aryl methyl sites for hydroxylation is 1. The van der Waals surface area contributed by atoms with E-state index in [4.69, 9.17) is 4.74 Å². The van der Waals surface area contributed by atoms with Crippen molar-refractivity contribution in [3.8, 4) is 0 Å². The predicted molar refractivity (Wildman–Crippen MR) is 78.4 cm³/mol. The third kappa shape index (κ3) is 2.54. The first-order valence-corrected chi connectivity index (χ1v) is 7.28. The van der Waals surface area contributed by atoms with Crippen molar-refractivity contribution in [1.82, 2.24) is 19.5 Å². The number of nitrogens with zero attached hydrogens (tertiary/aromatic N) is 4. The molecule has 0 atom stereocenters. The molecule has 7 nitrogen and oxygen atoms in total. The van der Waals surface area contributed by atoms with Gasteiger partial charge in [-0.1, -0.05) is 0 Å². The molecule has 22 heavy (non-hydrogen) atoms. The number of carbonyl (C=O) groups is 2. The fourth-order valence-electron chi connectivity index (χ4n) is 2.81. The Morgan fingerprint density at radius 1 is 1.27 bits per heavy atom. The molecule has 1 aliphatic heterocycles. The lowest BCUT2D eigenvalue weighted by Gasteiger charge is -2.30. The van der Waals surface area contributed by atoms with Gasteiger partial charge in [0.25, 0.3) is 5.91 Å². The molecular weight excluding hydrogens is 284 g/mol. The number of pyridine rings is 1. The van der Waals surface area contributed by atoms with Crippen molar-refractivity contribution < 1.29 is 14.3 Å². The van der Waals surface area contributed by atoms with E-state index in [1.807, 2.05) is 11.3 Å². The largest absolute Gasteiger partial charge is 0.469 e. The summed E-state index contributed by atoms with van der Waals surface area (Å²) in [7, 11) is 1.40. The number of carbonyl (C=O) groups excluding carboxylic acids is 2. The van der Waals surface area contributed by atoms with E-state index >= 15 is 0 Å². The molecule has 1 aliphatic rings. The number of amides is 1. The number of methoxy groups -OCH3 is 1. The minimum absolute atomic E-state index is 0.0357. The Hall–Kier alpha value is -2.44. The standard InChI is InChI=1S/C15H18N4O3/c1-10-16-17-13-9-12(5-8-19(10)13)14(20)18-6-3-11(4-7-18)15(21)22-2/h5,8-9,11H,3-4,6-7H2,1-2H3. The highest BCUT2D eigenvalue weighted by atomic mass is 16.5. The summed E-state index contributed by atoms with van der Waals surface area (Å²) in [5, 5.41) is 8.02. The summed E-state index contributed by atoms with van der Waals surface area (Å²) in [5.41, 5.74) is 1.25. The van der Waals surface area contributed by atoms with E-state index in [1.165, 1.54) is 7.11 Å². The van der Waals surface area contributed by atoms with Crippen LogP contribution in [0.5, 0.6) is 0 Å². The van der Waals surface area contributed by atoms with Crippen LogP contribution >= 0.6 is 0 Å². The van der Waals surface area contributed by atoms with Crippen molar-refractivity contribution in [2.45, 2.75) is 19.8 Å². The zero-order valence-electron chi connectivity index (χ0n) is 12.7. The second-order valence-corrected chi connectivity index (χ2v) is 5.48. The van der Waals surface area contributed by atoms with Gasteiger partial charge < -0.3 is 9.64 Å². The average Bonchev–Trinajstić information content (AvgIpc) is 2.94. The molecule has 3 rings (SSSR count). The average molecular weight is 302 g/mol. The van der Waals surface area contributed by atoms with Crippen molar-refractivity contribution in [3.63, 3.8) is 0 Å². The Balaban J connectivity index is 1.72. The van der Waals surface area contributed by atoms with Crippen LogP contribution in [-0.4, -0.2) is 51.6 Å². The van der Waals surface area contributed by atoms with Crippen LogP contribution in [0, 0.1) is 12.8 Å². The van der Waals surface area contributed by atoms with E-state index in [0.29, 0.717) is 37.1 Å². The Morgan fingerprint density at radius 3 is 2.68 bits per heavy atom. The molecule has 116 valence electrons. The number of esters is 1. The fourth-order valence-corrected chi connectivity index (χ4v) is 2.81. The lowest BCUT2D eigenvalue weighted by atomic mass is 9.96. The Kier molecular flexibility index (Phi) is 3.79. The number of rotatable bonds is 2. The van der Waals surface area contributed by atoms with Gasteiger partial charge in [0.2, 0.25) is 0 Å². The molecule has 1 amide bonds. The molecule has 2 aromatic heterocycles. The quantitative estimate of drug-likeness (QED) is 0.775. The second-order valence-electron chi connectivity index (χ2n) is 5.48. The lowest BCUT2D eigenvalue weighted by molar-refractivity contribution is -0.146. The maximum absolute atomic E-state index is 12.5. The van der Waals surface area contributed by atoms with Crippen molar-refractivity contribution >= 4 is 17.5 Å². The highest BCUT2D eigenvalue weighted by molar-refractivity contribution is 5.95. The minimum atomic E-state index is -0.188. The third-order valence-corrected chi connectivity index (χ3v) is 4.14. The molecule has 1 saturated heterocycles. The topological polar surface area (TPSA) is 76.8 Å². The van der Waals surface area contributed by atoms with Gasteiger partial charge in [0, 0.05) is 24.8 Å². The van der Waals surface area contributed by atoms with Crippen LogP contribution in [0.1, 0.15) is 29.0 Å². The molecule has 0 bridgehead atoms. The fraction of sp³-hybridized carbons (Fsp3) is 0.467. The zero-order valence-corrected chi connectivity index (χ0v) is 12.7. The maximum atomic E-state index is 12.5. The van der Waals surface area contributed by atoms with E-state index in [9.17, 15) is 9.59 Å². The van der Waals surface area contributed by atoms with Gasteiger partial charge in [0.05, 0.1) is 13.0 Å². The summed E-state index contributed by atoms with van der Waals surface area (Å²) in [4.78, 5) is 25.8. The highest BCUT2D eigenvalue weighted by Crippen LogP contribution is 2.20. The van der Waals surface area contributed by atoms with Gasteiger partial charge >= 0.3 is 5.97 Å². The number of hydrogen-bond acceptors (Lipinski definition) is 5. The van der Waals surface area contributed by atoms with Gasteiger partial charge in [-0.2, -0.15) is 0 Å². The number of fused-ring (bicyclic) bond motifs is 1. The molecule has 0 spiro atoms. The third-order valence-electron chi connectivity index (χ3n) is 4.14. The van der Waals surface area contributed by atoms with Gasteiger partial charge in [-0.3, -0.25) is 14.0 Å². The lowest BCUT2D eigenvalue weighted by Crippen LogP contribution is -2.40. The van der Waals surface area contributed by atoms with E-state index in [2.05, 4.69) is 10.2 Å². The number of likely N-dealkylation sites (tertiary alicyclic amines) is 1. The normalized spacial score (nSPS) is 16.0. The Bertz CT molecular complexity index is 717. The predicted octanol–water partition coefficient (Wildman–Crippen LogP) is 1.06. The molecule has 7 heteroatoms. The molecule has 3 heterocycles. The molecule has 1 fully saturated rings. The summed E-state index contributed by atoms with van der Waals surface area (Å²) in [6, 6.07) is 3.52. The molecule has 0 saturated carbocycles. The van der Waals surface area contributed by atoms with Crippen molar-refractivity contribution in [1.29, 1.82) is 0 Å². The van der Waals surface area contributed by atoms with E-state index in [-0.39, 0.29) is 17.8 Å². The molecule has 2 aromatic rings. The van der Waals surface area contributed by atoms with Crippen molar-refractivity contribution in [2.75, 3.05) is 20.2 Å². The Labute approximate surface area is 127 Å². The monoisotopic (exact) mass is 302 g/mol. The van der Waals surface area contributed by atoms with Crippen LogP contribution in [-0.2, 0) is 9.53 Å². The molecule has 0 unspecified atom stereocenters. The minimum Gasteiger partial charge on any atom is -0.469 e. The molecule has 0 aliphatic carbocycles. The summed E-state index contributed by atoms with van der Waals surface area (Å²) in [6.07, 6.45) is 3.09. The number of aromatic nitrogens is 3. The first-order valence-electron chi connectivity index (χ1n) is 7.28. The van der Waals surface area contributed by atoms with E-state index in [1.54, 1.807) is 23.2 Å². The van der Waals surface area contributed by atoms with Gasteiger partial charge in [0.1, 0.15) is 5.82 Å². The zero-order chi connectivity index (χ0) is 15.7. The van der Waals surface area contributed by atoms with Crippen LogP contribution in [0.25, 0.3) is 5.65 Å². The van der Waals surface area contributed by atoms with Crippen LogP contribution in [0.2, 0.25) is 0 Å². The van der Waals surface area contributed by atoms with Gasteiger partial charge in [-0.15, -0.1) is 10.2 Å². The number of hydrogen-bond donors (Lipinski definition) is 0. The molecular formula is C15H18N4O3. The van der Waals surface area contributed by atoms with E-state index in [0.717, 1.165) is 5.82 Å². The number of piperidine rings is 1. The van der Waals surface area contributed by atoms with E-state index < -0.39 is 0 Å². The number of ether oxygens (including phenoxy) is 1. The van der Waals surface area contributed by atoms with Crippen LogP contribution in [0.4, 0.5) is 0 Å². The van der Waals surface area contributed by atoms with Crippen LogP contribution < -0.4 is 0 Å². The van der Waals surface area contributed by atoms with Crippen LogP contribution in [0.15, 0.2) is 18.3 Å². The summed E-state index contributed by atoms with van der Waals surface area (Å²) < 4.78 is 6.59. The van der Waals surface area contributed by atoms with Gasteiger partial charge in [0.15, 0.2) is 5.65 Å². The summed E-state index contributed by atoms with van der Waals surface area (Å²) in [6.45, 7) is 2.99. The van der Waals surface area contributed by atoms with Crippen molar-refractivity contribution in [2.24, 2.45) is 5.92 Å². The molecule has 0 N–H and O–H groups in total. The van der Waals surface area contributed by atoms with Gasteiger partial charge in [-0.05, 0) is 31.9 Å². The first-order chi connectivity index (χ1) is 10.6. The molecule has 0 aromatic carbocycles. The van der Waals surface area contributed by atoms with Crippen LogP contribution in [0.3, 0.4) is 0 Å². The Morgan fingerprint density at radius 2 is 2.00 bits per heavy atom. The highest BCUT2D eigenvalue weighted by Gasteiger charge is 2.28.